The zero-order valence-corrected chi connectivity index (χ0v) is 11.3. The summed E-state index contributed by atoms with van der Waals surface area (Å²) in [5, 5.41) is 0. The third-order valence-corrected chi connectivity index (χ3v) is 3.69. The molecule has 0 spiro atoms. The minimum absolute atomic E-state index is 0.0310. The van der Waals surface area contributed by atoms with Crippen LogP contribution in [0.4, 0.5) is 0 Å². The Labute approximate surface area is 113 Å². The molecule has 19 heavy (non-hydrogen) atoms. The van der Waals surface area contributed by atoms with Gasteiger partial charge in [0.15, 0.2) is 0 Å². The fourth-order valence-corrected chi connectivity index (χ4v) is 2.73. The van der Waals surface area contributed by atoms with E-state index >= 15 is 0 Å². The molecular formula is C15H19NO3. The second kappa shape index (κ2) is 5.87. The van der Waals surface area contributed by atoms with Gasteiger partial charge in [-0.3, -0.25) is 4.79 Å². The van der Waals surface area contributed by atoms with E-state index in [2.05, 4.69) is 4.74 Å². The molecule has 1 saturated heterocycles. The highest BCUT2D eigenvalue weighted by molar-refractivity contribution is 6.32. The van der Waals surface area contributed by atoms with E-state index in [1.54, 1.807) is 4.90 Å². The average molecular weight is 261 g/mol. The van der Waals surface area contributed by atoms with Crippen LogP contribution in [0.5, 0.6) is 0 Å². The first-order valence-electron chi connectivity index (χ1n) is 6.60. The Morgan fingerprint density at radius 2 is 1.89 bits per heavy atom. The van der Waals surface area contributed by atoms with Gasteiger partial charge in [0.25, 0.3) is 0 Å². The molecule has 0 N–H and O–H groups in total. The van der Waals surface area contributed by atoms with Gasteiger partial charge < -0.3 is 9.64 Å². The first kappa shape index (κ1) is 13.6. The van der Waals surface area contributed by atoms with Gasteiger partial charge in [-0.2, -0.15) is 0 Å². The number of piperidine rings is 1. The summed E-state index contributed by atoms with van der Waals surface area (Å²) in [4.78, 5) is 25.4. The van der Waals surface area contributed by atoms with Gasteiger partial charge in [0.1, 0.15) is 0 Å². The summed E-state index contributed by atoms with van der Waals surface area (Å²) in [6.45, 7) is 1.98. The van der Waals surface area contributed by atoms with Crippen molar-refractivity contribution >= 4 is 11.9 Å². The summed E-state index contributed by atoms with van der Waals surface area (Å²) in [5.41, 5.74) is 1.08. The van der Waals surface area contributed by atoms with Gasteiger partial charge in [0, 0.05) is 6.04 Å². The molecule has 1 aliphatic heterocycles. The molecule has 0 bridgehead atoms. The predicted octanol–water partition coefficient (Wildman–Crippen LogP) is 2.30. The molecule has 0 aliphatic carbocycles. The van der Waals surface area contributed by atoms with Crippen LogP contribution in [-0.2, 0) is 14.3 Å². The van der Waals surface area contributed by atoms with E-state index in [1.807, 2.05) is 37.3 Å². The average Bonchev–Trinajstić information content (AvgIpc) is 2.46. The number of benzene rings is 1. The fraction of sp³-hybridized carbons (Fsp3) is 0.467. The van der Waals surface area contributed by atoms with E-state index < -0.39 is 11.9 Å². The lowest BCUT2D eigenvalue weighted by molar-refractivity contribution is -0.162. The monoisotopic (exact) mass is 261 g/mol. The summed E-state index contributed by atoms with van der Waals surface area (Å²) < 4.78 is 4.57. The number of amides is 1. The summed E-state index contributed by atoms with van der Waals surface area (Å²) in [7, 11) is 1.24. The molecule has 102 valence electrons. The number of hydrogen-bond acceptors (Lipinski definition) is 3. The molecule has 4 nitrogen and oxygen atoms in total. The van der Waals surface area contributed by atoms with E-state index in [0.29, 0.717) is 0 Å². The molecule has 1 aliphatic rings. The largest absolute Gasteiger partial charge is 0.462 e. The molecule has 1 amide bonds. The second-order valence-corrected chi connectivity index (χ2v) is 4.91. The van der Waals surface area contributed by atoms with Crippen molar-refractivity contribution in [3.05, 3.63) is 35.9 Å². The number of rotatable bonds is 1. The zero-order chi connectivity index (χ0) is 13.8. The number of carbonyl (C=O) groups is 2. The molecule has 0 saturated carbocycles. The van der Waals surface area contributed by atoms with Crippen LogP contribution in [0.15, 0.2) is 30.3 Å². The SMILES string of the molecule is COC(=O)C(=O)N1[C@H](C)CCC[C@@H]1c1ccccc1. The van der Waals surface area contributed by atoms with Crippen LogP contribution < -0.4 is 0 Å². The quantitative estimate of drug-likeness (QED) is 0.575. The first-order chi connectivity index (χ1) is 9.15. The van der Waals surface area contributed by atoms with Crippen molar-refractivity contribution in [2.45, 2.75) is 38.3 Å². The molecule has 1 aromatic carbocycles. The molecule has 2 rings (SSSR count). The maximum atomic E-state index is 12.2. The zero-order valence-electron chi connectivity index (χ0n) is 11.3. The molecule has 0 aromatic heterocycles. The normalized spacial score (nSPS) is 22.9. The van der Waals surface area contributed by atoms with Crippen LogP contribution in [0.2, 0.25) is 0 Å². The van der Waals surface area contributed by atoms with E-state index in [9.17, 15) is 9.59 Å². The molecular weight excluding hydrogens is 242 g/mol. The summed E-state index contributed by atoms with van der Waals surface area (Å²) in [6, 6.07) is 9.88. The molecule has 4 heteroatoms. The number of methoxy groups -OCH3 is 1. The van der Waals surface area contributed by atoms with Crippen LogP contribution >= 0.6 is 0 Å². The molecule has 2 atom stereocenters. The Balaban J connectivity index is 2.29. The van der Waals surface area contributed by atoms with E-state index in [1.165, 1.54) is 7.11 Å². The number of likely N-dealkylation sites (tertiary alicyclic amines) is 1. The Hall–Kier alpha value is -1.84. The smallest absolute Gasteiger partial charge is 0.396 e. The van der Waals surface area contributed by atoms with Crippen molar-refractivity contribution in [2.75, 3.05) is 7.11 Å². The third-order valence-electron chi connectivity index (χ3n) is 3.69. The van der Waals surface area contributed by atoms with Crippen molar-refractivity contribution in [1.82, 2.24) is 4.90 Å². The Morgan fingerprint density at radius 1 is 1.21 bits per heavy atom. The highest BCUT2D eigenvalue weighted by atomic mass is 16.5. The topological polar surface area (TPSA) is 46.6 Å². The number of esters is 1. The van der Waals surface area contributed by atoms with Crippen LogP contribution in [0.1, 0.15) is 37.8 Å². The standard InChI is InChI=1S/C15H19NO3/c1-11-7-6-10-13(12-8-4-3-5-9-12)16(11)14(17)15(18)19-2/h3-5,8-9,11,13H,6-7,10H2,1-2H3/t11-,13-/m1/s1. The number of ether oxygens (including phenoxy) is 1. The lowest BCUT2D eigenvalue weighted by Gasteiger charge is -2.40. The van der Waals surface area contributed by atoms with Crippen molar-refractivity contribution in [3.8, 4) is 0 Å². The maximum absolute atomic E-state index is 12.2. The second-order valence-electron chi connectivity index (χ2n) is 4.91. The minimum Gasteiger partial charge on any atom is -0.462 e. The molecule has 1 heterocycles. The Kier molecular flexibility index (Phi) is 4.20. The summed E-state index contributed by atoms with van der Waals surface area (Å²) >= 11 is 0. The fourth-order valence-electron chi connectivity index (χ4n) is 2.73. The molecule has 0 unspecified atom stereocenters. The van der Waals surface area contributed by atoms with Gasteiger partial charge in [-0.1, -0.05) is 30.3 Å². The van der Waals surface area contributed by atoms with Gasteiger partial charge in [0.05, 0.1) is 13.2 Å². The van der Waals surface area contributed by atoms with Gasteiger partial charge in [0.2, 0.25) is 0 Å². The number of hydrogen-bond donors (Lipinski definition) is 0. The van der Waals surface area contributed by atoms with Gasteiger partial charge >= 0.3 is 11.9 Å². The van der Waals surface area contributed by atoms with E-state index in [4.69, 9.17) is 0 Å². The molecule has 1 aromatic rings. The molecule has 0 radical (unpaired) electrons. The van der Waals surface area contributed by atoms with Crippen LogP contribution in [-0.4, -0.2) is 29.9 Å². The maximum Gasteiger partial charge on any atom is 0.396 e. The summed E-state index contributed by atoms with van der Waals surface area (Å²) in [5.74, 6) is -1.32. The predicted molar refractivity (Wildman–Crippen MR) is 71.4 cm³/mol. The van der Waals surface area contributed by atoms with Crippen LogP contribution in [0.25, 0.3) is 0 Å². The Bertz CT molecular complexity index is 458. The lowest BCUT2D eigenvalue weighted by atomic mass is 9.91. The number of carbonyl (C=O) groups excluding carboxylic acids is 2. The number of nitrogens with zero attached hydrogens (tertiary/aromatic N) is 1. The summed E-state index contributed by atoms with van der Waals surface area (Å²) in [6.07, 6.45) is 2.87. The first-order valence-corrected chi connectivity index (χ1v) is 6.60. The van der Waals surface area contributed by atoms with Crippen molar-refractivity contribution in [1.29, 1.82) is 0 Å². The van der Waals surface area contributed by atoms with E-state index in [0.717, 1.165) is 24.8 Å². The highest BCUT2D eigenvalue weighted by Crippen LogP contribution is 2.34. The third kappa shape index (κ3) is 2.78. The van der Waals surface area contributed by atoms with Crippen LogP contribution in [0.3, 0.4) is 0 Å². The van der Waals surface area contributed by atoms with Gasteiger partial charge in [-0.15, -0.1) is 0 Å². The van der Waals surface area contributed by atoms with Crippen LogP contribution in [0, 0.1) is 0 Å². The van der Waals surface area contributed by atoms with Crippen molar-refractivity contribution < 1.29 is 14.3 Å². The van der Waals surface area contributed by atoms with E-state index in [-0.39, 0.29) is 12.1 Å². The van der Waals surface area contributed by atoms with Crippen molar-refractivity contribution in [2.24, 2.45) is 0 Å². The lowest BCUT2D eigenvalue weighted by Crippen LogP contribution is -2.47. The van der Waals surface area contributed by atoms with Crippen molar-refractivity contribution in [3.63, 3.8) is 0 Å². The highest BCUT2D eigenvalue weighted by Gasteiger charge is 2.36. The van der Waals surface area contributed by atoms with Gasteiger partial charge in [-0.05, 0) is 31.7 Å². The minimum atomic E-state index is -0.783. The Morgan fingerprint density at radius 3 is 2.53 bits per heavy atom. The molecule has 1 fully saturated rings. The van der Waals surface area contributed by atoms with Gasteiger partial charge in [-0.25, -0.2) is 4.79 Å².